The van der Waals surface area contributed by atoms with Gasteiger partial charge in [0.2, 0.25) is 0 Å². The van der Waals surface area contributed by atoms with Gasteiger partial charge in [0.1, 0.15) is 17.8 Å². The topological polar surface area (TPSA) is 77.8 Å². The van der Waals surface area contributed by atoms with Gasteiger partial charge < -0.3 is 15.3 Å². The number of carbonyl (C=O) groups is 1. The molecular weight excluding hydrogens is 304 g/mol. The number of hydrogen-bond acceptors (Lipinski definition) is 4. The maximum atomic E-state index is 13.7. The molecule has 0 saturated heterocycles. The SMILES string of the molecule is CC1=C[C@@H]2C(=O)[C@]3(C=C(C)[C@H](O)[C@@]3(O)[C@@H]1O)[C@H](C)C[C@@H]1[C@H]2C1(C)C. The Labute approximate surface area is 143 Å². The summed E-state index contributed by atoms with van der Waals surface area (Å²) < 4.78 is 0. The average molecular weight is 332 g/mol. The third kappa shape index (κ3) is 1.50. The van der Waals surface area contributed by atoms with Crippen molar-refractivity contribution < 1.29 is 20.1 Å². The Morgan fingerprint density at radius 1 is 1.12 bits per heavy atom. The molecule has 4 aliphatic carbocycles. The second-order valence-electron chi connectivity index (χ2n) is 9.28. The Morgan fingerprint density at radius 2 is 1.71 bits per heavy atom. The van der Waals surface area contributed by atoms with Gasteiger partial charge in [-0.15, -0.1) is 0 Å². The largest absolute Gasteiger partial charge is 0.386 e. The van der Waals surface area contributed by atoms with E-state index >= 15 is 0 Å². The molecule has 4 nitrogen and oxygen atoms in total. The van der Waals surface area contributed by atoms with Gasteiger partial charge in [0, 0.05) is 5.92 Å². The Kier molecular flexibility index (Phi) is 3.03. The van der Waals surface area contributed by atoms with Crippen molar-refractivity contribution in [3.8, 4) is 0 Å². The van der Waals surface area contributed by atoms with E-state index in [9.17, 15) is 20.1 Å². The molecule has 2 fully saturated rings. The second kappa shape index (κ2) is 4.40. The predicted molar refractivity (Wildman–Crippen MR) is 89.9 cm³/mol. The van der Waals surface area contributed by atoms with Crippen LogP contribution in [-0.2, 0) is 4.79 Å². The van der Waals surface area contributed by atoms with Crippen molar-refractivity contribution in [2.45, 2.75) is 58.8 Å². The Hall–Kier alpha value is -0.970. The molecule has 0 amide bonds. The molecule has 0 heterocycles. The molecule has 3 N–H and O–H groups in total. The third-order valence-electron chi connectivity index (χ3n) is 7.88. The van der Waals surface area contributed by atoms with Crippen LogP contribution in [0, 0.1) is 34.5 Å². The number of carbonyl (C=O) groups excluding carboxylic acids is 1. The summed E-state index contributed by atoms with van der Waals surface area (Å²) >= 11 is 0. The number of aliphatic hydroxyl groups is 3. The van der Waals surface area contributed by atoms with Crippen molar-refractivity contribution >= 4 is 5.78 Å². The molecular formula is C20H28O4. The van der Waals surface area contributed by atoms with Crippen molar-refractivity contribution in [3.63, 3.8) is 0 Å². The van der Waals surface area contributed by atoms with Gasteiger partial charge in [-0.3, -0.25) is 4.79 Å². The van der Waals surface area contributed by atoms with Crippen LogP contribution in [0.3, 0.4) is 0 Å². The van der Waals surface area contributed by atoms with Crippen LogP contribution in [0.5, 0.6) is 0 Å². The van der Waals surface area contributed by atoms with Crippen LogP contribution in [0.1, 0.15) is 41.0 Å². The van der Waals surface area contributed by atoms with E-state index in [1.54, 1.807) is 19.9 Å². The van der Waals surface area contributed by atoms with Gasteiger partial charge in [-0.25, -0.2) is 0 Å². The van der Waals surface area contributed by atoms with Gasteiger partial charge in [0.25, 0.3) is 0 Å². The highest BCUT2D eigenvalue weighted by molar-refractivity contribution is 5.95. The molecule has 4 aliphatic rings. The van der Waals surface area contributed by atoms with Crippen LogP contribution >= 0.6 is 0 Å². The van der Waals surface area contributed by atoms with Gasteiger partial charge in [0.05, 0.1) is 5.41 Å². The summed E-state index contributed by atoms with van der Waals surface area (Å²) in [6.07, 6.45) is 2.01. The van der Waals surface area contributed by atoms with Crippen molar-refractivity contribution in [2.24, 2.45) is 34.5 Å². The van der Waals surface area contributed by atoms with Crippen LogP contribution in [0.4, 0.5) is 0 Å². The first kappa shape index (κ1) is 16.5. The average Bonchev–Trinajstić information content (AvgIpc) is 3.01. The Bertz CT molecular complexity index is 690. The number of Topliss-reactive ketones (excluding diaryl/α,β-unsaturated/α-hetero) is 1. The molecule has 4 heteroatoms. The first-order valence-corrected chi connectivity index (χ1v) is 9.01. The molecule has 2 bridgehead atoms. The summed E-state index contributed by atoms with van der Waals surface area (Å²) in [6, 6.07) is 0. The summed E-state index contributed by atoms with van der Waals surface area (Å²) in [5.41, 5.74) is -1.80. The van der Waals surface area contributed by atoms with Crippen LogP contribution in [0.2, 0.25) is 0 Å². The van der Waals surface area contributed by atoms with Crippen molar-refractivity contribution in [1.29, 1.82) is 0 Å². The normalized spacial score (nSPS) is 54.9. The quantitative estimate of drug-likeness (QED) is 0.592. The highest BCUT2D eigenvalue weighted by Gasteiger charge is 2.75. The molecule has 2 saturated carbocycles. The van der Waals surface area contributed by atoms with E-state index in [0.717, 1.165) is 6.42 Å². The number of ketones is 1. The van der Waals surface area contributed by atoms with E-state index in [0.29, 0.717) is 17.1 Å². The lowest BCUT2D eigenvalue weighted by atomic mass is 9.59. The number of fused-ring (bicyclic) bond motifs is 3. The van der Waals surface area contributed by atoms with Crippen LogP contribution in [-0.4, -0.2) is 38.9 Å². The van der Waals surface area contributed by atoms with E-state index < -0.39 is 23.2 Å². The van der Waals surface area contributed by atoms with Gasteiger partial charge in [-0.1, -0.05) is 32.9 Å². The lowest BCUT2D eigenvalue weighted by Crippen LogP contribution is -2.64. The van der Waals surface area contributed by atoms with Crippen molar-refractivity contribution in [3.05, 3.63) is 23.3 Å². The molecule has 4 rings (SSSR count). The zero-order chi connectivity index (χ0) is 17.8. The van der Waals surface area contributed by atoms with Gasteiger partial charge in [0.15, 0.2) is 5.78 Å². The summed E-state index contributed by atoms with van der Waals surface area (Å²) in [5, 5.41) is 33.2. The lowest BCUT2D eigenvalue weighted by molar-refractivity contribution is -0.189. The lowest BCUT2D eigenvalue weighted by Gasteiger charge is -2.48. The van der Waals surface area contributed by atoms with Crippen molar-refractivity contribution in [2.75, 3.05) is 0 Å². The monoisotopic (exact) mass is 332 g/mol. The molecule has 0 radical (unpaired) electrons. The van der Waals surface area contributed by atoms with E-state index in [1.807, 2.05) is 13.0 Å². The fourth-order valence-corrected chi connectivity index (χ4v) is 6.41. The maximum Gasteiger partial charge on any atom is 0.153 e. The van der Waals surface area contributed by atoms with Crippen LogP contribution < -0.4 is 0 Å². The number of allylic oxidation sites excluding steroid dienone is 1. The first-order valence-electron chi connectivity index (χ1n) is 9.01. The van der Waals surface area contributed by atoms with E-state index in [-0.39, 0.29) is 29.0 Å². The van der Waals surface area contributed by atoms with E-state index in [4.69, 9.17) is 0 Å². The minimum atomic E-state index is -1.87. The number of hydrogen-bond donors (Lipinski definition) is 3. The molecule has 8 atom stereocenters. The number of rotatable bonds is 0. The summed E-state index contributed by atoms with van der Waals surface area (Å²) in [4.78, 5) is 13.7. The molecule has 0 aromatic rings. The third-order valence-corrected chi connectivity index (χ3v) is 7.88. The second-order valence-corrected chi connectivity index (χ2v) is 9.28. The molecule has 0 unspecified atom stereocenters. The molecule has 1 spiro atoms. The van der Waals surface area contributed by atoms with Gasteiger partial charge >= 0.3 is 0 Å². The molecule has 0 aliphatic heterocycles. The zero-order valence-corrected chi connectivity index (χ0v) is 15.1. The van der Waals surface area contributed by atoms with Crippen molar-refractivity contribution in [1.82, 2.24) is 0 Å². The highest BCUT2D eigenvalue weighted by atomic mass is 16.4. The Morgan fingerprint density at radius 3 is 2.33 bits per heavy atom. The summed E-state index contributed by atoms with van der Waals surface area (Å²) in [6.45, 7) is 9.91. The highest BCUT2D eigenvalue weighted by Crippen LogP contribution is 2.71. The fraction of sp³-hybridized carbons (Fsp3) is 0.750. The summed E-state index contributed by atoms with van der Waals surface area (Å²) in [7, 11) is 0. The molecule has 132 valence electrons. The molecule has 0 aromatic carbocycles. The molecule has 0 aromatic heterocycles. The fourth-order valence-electron chi connectivity index (χ4n) is 6.41. The Balaban J connectivity index is 1.99. The van der Waals surface area contributed by atoms with Gasteiger partial charge in [-0.05, 0) is 54.6 Å². The smallest absolute Gasteiger partial charge is 0.153 e. The van der Waals surface area contributed by atoms with E-state index in [2.05, 4.69) is 13.8 Å². The minimum Gasteiger partial charge on any atom is -0.386 e. The zero-order valence-electron chi connectivity index (χ0n) is 15.1. The standard InChI is InChI=1S/C20H28O4/c1-9-6-12-14-13(18(14,4)5)7-11(3)19(17(12)23)8-10(2)16(22)20(19,24)15(9)21/h6,8,11-16,21-22,24H,7H2,1-5H3/t11-,12+,13-,14+,15-,16+,19+,20+/m1/s1. The van der Waals surface area contributed by atoms with Gasteiger partial charge in [-0.2, -0.15) is 0 Å². The number of aliphatic hydroxyl groups excluding tert-OH is 2. The first-order chi connectivity index (χ1) is 11.0. The van der Waals surface area contributed by atoms with Crippen LogP contribution in [0.25, 0.3) is 0 Å². The summed E-state index contributed by atoms with van der Waals surface area (Å²) in [5.74, 6) is 0.240. The maximum absolute atomic E-state index is 13.7. The predicted octanol–water partition coefficient (Wildman–Crippen LogP) is 1.84. The minimum absolute atomic E-state index is 0.0256. The molecule has 24 heavy (non-hydrogen) atoms. The van der Waals surface area contributed by atoms with Crippen LogP contribution in [0.15, 0.2) is 23.3 Å². The van der Waals surface area contributed by atoms with E-state index in [1.165, 1.54) is 0 Å².